The third kappa shape index (κ3) is 2.21. The molecule has 1 atom stereocenters. The molecule has 0 bridgehead atoms. The maximum absolute atomic E-state index is 12.3. The Balaban J connectivity index is 3.04. The van der Waals surface area contributed by atoms with Gasteiger partial charge >= 0.3 is 12.4 Å². The van der Waals surface area contributed by atoms with Crippen LogP contribution in [-0.4, -0.2) is 23.6 Å². The summed E-state index contributed by atoms with van der Waals surface area (Å²) >= 11 is 0. The molecular formula is C8H10F6O. The number of alkyl halides is 6. The van der Waals surface area contributed by atoms with Crippen LogP contribution in [0.3, 0.4) is 0 Å². The number of aliphatic hydroxyl groups excluding tert-OH is 1. The third-order valence-electron chi connectivity index (χ3n) is 2.89. The maximum Gasteiger partial charge on any atom is 0.401 e. The van der Waals surface area contributed by atoms with Crippen LogP contribution in [0.5, 0.6) is 0 Å². The van der Waals surface area contributed by atoms with E-state index in [-0.39, 0.29) is 12.8 Å². The summed E-state index contributed by atoms with van der Waals surface area (Å²) in [7, 11) is 0. The maximum atomic E-state index is 12.3. The molecule has 0 aromatic rings. The van der Waals surface area contributed by atoms with E-state index in [1.807, 2.05) is 0 Å². The number of rotatable bonds is 2. The quantitative estimate of drug-likeness (QED) is 0.731. The highest BCUT2D eigenvalue weighted by Gasteiger charge is 2.71. The van der Waals surface area contributed by atoms with Crippen molar-refractivity contribution in [1.29, 1.82) is 0 Å². The highest BCUT2D eigenvalue weighted by Crippen LogP contribution is 2.63. The number of halogens is 6. The summed E-state index contributed by atoms with van der Waals surface area (Å²) in [6.07, 6.45) is -12.8. The molecule has 1 N–H and O–H groups in total. The Morgan fingerprint density at radius 2 is 1.33 bits per heavy atom. The molecule has 1 nitrogen and oxygen atoms in total. The van der Waals surface area contributed by atoms with Crippen molar-refractivity contribution >= 4 is 0 Å². The topological polar surface area (TPSA) is 20.2 Å². The molecule has 7 heteroatoms. The molecule has 0 aliphatic heterocycles. The molecule has 1 fully saturated rings. The molecule has 0 radical (unpaired) electrons. The summed E-state index contributed by atoms with van der Waals surface area (Å²) in [5.41, 5.74) is -2.06. The Morgan fingerprint density at radius 1 is 1.00 bits per heavy atom. The van der Waals surface area contributed by atoms with Gasteiger partial charge in [0.15, 0.2) is 5.92 Å². The monoisotopic (exact) mass is 236 g/mol. The number of hydrogen-bond acceptors (Lipinski definition) is 1. The van der Waals surface area contributed by atoms with Crippen LogP contribution in [0.1, 0.15) is 19.8 Å². The minimum atomic E-state index is -5.36. The predicted octanol–water partition coefficient (Wildman–Crippen LogP) is 2.89. The molecule has 0 spiro atoms. The molecule has 0 aromatic heterocycles. The van der Waals surface area contributed by atoms with E-state index in [1.165, 1.54) is 0 Å². The van der Waals surface area contributed by atoms with Crippen molar-refractivity contribution in [1.82, 2.24) is 0 Å². The van der Waals surface area contributed by atoms with Crippen molar-refractivity contribution in [3.05, 3.63) is 0 Å². The second-order valence-corrected chi connectivity index (χ2v) is 3.93. The molecule has 90 valence electrons. The normalized spacial score (nSPS) is 23.0. The van der Waals surface area contributed by atoms with Crippen LogP contribution < -0.4 is 0 Å². The summed E-state index contributed by atoms with van der Waals surface area (Å²) in [5.74, 6) is -3.42. The van der Waals surface area contributed by atoms with Gasteiger partial charge < -0.3 is 5.11 Å². The Hall–Kier alpha value is -0.460. The first-order valence-electron chi connectivity index (χ1n) is 4.33. The molecule has 0 heterocycles. The van der Waals surface area contributed by atoms with E-state index in [0.29, 0.717) is 0 Å². The fourth-order valence-electron chi connectivity index (χ4n) is 1.93. The van der Waals surface area contributed by atoms with Gasteiger partial charge in [0.2, 0.25) is 0 Å². The Bertz CT molecular complexity index is 222. The van der Waals surface area contributed by atoms with Crippen molar-refractivity contribution in [3.8, 4) is 0 Å². The minimum Gasteiger partial charge on any atom is -0.393 e. The van der Waals surface area contributed by atoms with Gasteiger partial charge in [-0.05, 0) is 19.8 Å². The van der Waals surface area contributed by atoms with Crippen LogP contribution in [0, 0.1) is 11.3 Å². The van der Waals surface area contributed by atoms with Gasteiger partial charge in [0, 0.05) is 5.41 Å². The molecule has 0 saturated heterocycles. The van der Waals surface area contributed by atoms with Crippen LogP contribution in [0.4, 0.5) is 26.3 Å². The Kier molecular flexibility index (Phi) is 2.74. The highest BCUT2D eigenvalue weighted by molar-refractivity contribution is 5.06. The van der Waals surface area contributed by atoms with E-state index in [1.54, 1.807) is 0 Å². The molecule has 1 unspecified atom stereocenters. The highest BCUT2D eigenvalue weighted by atomic mass is 19.4. The van der Waals surface area contributed by atoms with E-state index in [4.69, 9.17) is 5.11 Å². The molecule has 1 rings (SSSR count). The molecule has 15 heavy (non-hydrogen) atoms. The van der Waals surface area contributed by atoms with E-state index >= 15 is 0 Å². The first-order chi connectivity index (χ1) is 6.52. The largest absolute Gasteiger partial charge is 0.401 e. The zero-order valence-electron chi connectivity index (χ0n) is 7.78. The minimum absolute atomic E-state index is 0.242. The lowest BCUT2D eigenvalue weighted by atomic mass is 9.83. The van der Waals surface area contributed by atoms with Gasteiger partial charge in [0.05, 0.1) is 6.10 Å². The summed E-state index contributed by atoms with van der Waals surface area (Å²) in [5, 5.41) is 9.04. The van der Waals surface area contributed by atoms with Crippen molar-refractivity contribution in [2.75, 3.05) is 0 Å². The summed E-state index contributed by atoms with van der Waals surface area (Å²) in [6, 6.07) is 0. The van der Waals surface area contributed by atoms with Gasteiger partial charge in [0.25, 0.3) is 0 Å². The SMILES string of the molecule is CC(O)C1(C(C(F)(F)F)C(F)(F)F)CC1. The number of hydrogen-bond donors (Lipinski definition) is 1. The van der Waals surface area contributed by atoms with Gasteiger partial charge in [-0.15, -0.1) is 0 Å². The van der Waals surface area contributed by atoms with Crippen LogP contribution in [0.25, 0.3) is 0 Å². The van der Waals surface area contributed by atoms with Gasteiger partial charge in [0.1, 0.15) is 0 Å². The van der Waals surface area contributed by atoms with E-state index < -0.39 is 29.8 Å². The summed E-state index contributed by atoms with van der Waals surface area (Å²) in [4.78, 5) is 0. The molecular weight excluding hydrogens is 226 g/mol. The van der Waals surface area contributed by atoms with Gasteiger partial charge in [-0.25, -0.2) is 0 Å². The lowest BCUT2D eigenvalue weighted by molar-refractivity contribution is -0.310. The molecule has 0 amide bonds. The van der Waals surface area contributed by atoms with Crippen molar-refractivity contribution in [2.45, 2.75) is 38.2 Å². The smallest absolute Gasteiger partial charge is 0.393 e. The van der Waals surface area contributed by atoms with Crippen molar-refractivity contribution < 1.29 is 31.4 Å². The predicted molar refractivity (Wildman–Crippen MR) is 38.9 cm³/mol. The van der Waals surface area contributed by atoms with E-state index in [0.717, 1.165) is 6.92 Å². The van der Waals surface area contributed by atoms with E-state index in [9.17, 15) is 26.3 Å². The molecule has 1 aliphatic rings. The first kappa shape index (κ1) is 12.6. The average Bonchev–Trinajstić information content (AvgIpc) is 2.61. The van der Waals surface area contributed by atoms with Crippen LogP contribution in [0.2, 0.25) is 0 Å². The van der Waals surface area contributed by atoms with Gasteiger partial charge in [-0.1, -0.05) is 0 Å². The lowest BCUT2D eigenvalue weighted by Crippen LogP contribution is -2.46. The number of aliphatic hydroxyl groups is 1. The van der Waals surface area contributed by atoms with Gasteiger partial charge in [-0.2, -0.15) is 26.3 Å². The molecule has 1 aliphatic carbocycles. The Labute approximate surface area is 82.1 Å². The van der Waals surface area contributed by atoms with Crippen LogP contribution >= 0.6 is 0 Å². The standard InChI is InChI=1S/C8H10F6O/c1-4(15)6(2-3-6)5(7(9,10)11)8(12,13)14/h4-5,15H,2-3H2,1H3. The van der Waals surface area contributed by atoms with Crippen LogP contribution in [-0.2, 0) is 0 Å². The zero-order valence-corrected chi connectivity index (χ0v) is 7.78. The second-order valence-electron chi connectivity index (χ2n) is 3.93. The Morgan fingerprint density at radius 3 is 1.40 bits per heavy atom. The van der Waals surface area contributed by atoms with E-state index in [2.05, 4.69) is 0 Å². The second kappa shape index (κ2) is 3.26. The first-order valence-corrected chi connectivity index (χ1v) is 4.33. The fraction of sp³-hybridized carbons (Fsp3) is 1.00. The fourth-order valence-corrected chi connectivity index (χ4v) is 1.93. The van der Waals surface area contributed by atoms with Crippen LogP contribution in [0.15, 0.2) is 0 Å². The summed E-state index contributed by atoms with van der Waals surface area (Å²) in [6.45, 7) is 0.970. The van der Waals surface area contributed by atoms with Crippen molar-refractivity contribution in [2.24, 2.45) is 11.3 Å². The lowest BCUT2D eigenvalue weighted by Gasteiger charge is -2.32. The van der Waals surface area contributed by atoms with Crippen molar-refractivity contribution in [3.63, 3.8) is 0 Å². The summed E-state index contributed by atoms with van der Waals surface area (Å²) < 4.78 is 73.7. The van der Waals surface area contributed by atoms with Gasteiger partial charge in [-0.3, -0.25) is 0 Å². The zero-order chi connectivity index (χ0) is 12.1. The average molecular weight is 236 g/mol. The molecule has 1 saturated carbocycles. The third-order valence-corrected chi connectivity index (χ3v) is 2.89. The molecule has 0 aromatic carbocycles.